The van der Waals surface area contributed by atoms with E-state index in [2.05, 4.69) is 15.8 Å². The topological polar surface area (TPSA) is 29.4 Å². The summed E-state index contributed by atoms with van der Waals surface area (Å²) in [5.74, 6) is 0. The van der Waals surface area contributed by atoms with E-state index >= 15 is 0 Å². The smallest absolute Gasteiger partial charge is 0.0273 e. The second kappa shape index (κ2) is 3.02. The maximum absolute atomic E-state index is 4.04. The monoisotopic (exact) mass is 114 g/mol. The van der Waals surface area contributed by atoms with Gasteiger partial charge in [0.15, 0.2) is 0 Å². The molecule has 0 aromatic rings. The van der Waals surface area contributed by atoms with E-state index in [4.69, 9.17) is 0 Å². The molecule has 0 aromatic heterocycles. The maximum atomic E-state index is 4.04. The third-order valence-corrected chi connectivity index (χ3v) is 1.38. The van der Waals surface area contributed by atoms with Crippen LogP contribution in [0.1, 0.15) is 0 Å². The molecular formula is C5H12N3. The zero-order valence-corrected chi connectivity index (χ0v) is 5.22. The van der Waals surface area contributed by atoms with Gasteiger partial charge in [0.1, 0.15) is 0 Å². The van der Waals surface area contributed by atoms with E-state index < -0.39 is 0 Å². The minimum atomic E-state index is 1.07. The molecule has 1 N–H and O–H groups in total. The van der Waals surface area contributed by atoms with Crippen molar-refractivity contribution in [3.63, 3.8) is 0 Å². The fourth-order valence-corrected chi connectivity index (χ4v) is 0.853. The Bertz CT molecular complexity index is 58.7. The predicted octanol–water partition coefficient (Wildman–Crippen LogP) is -0.959. The number of hydrogen-bond donors (Lipinski definition) is 1. The van der Waals surface area contributed by atoms with Crippen LogP contribution in [0.4, 0.5) is 0 Å². The number of hydrogen-bond acceptors (Lipinski definition) is 2. The SMILES string of the molecule is C[N]N1CCNCC1. The molecule has 1 heterocycles. The van der Waals surface area contributed by atoms with Crippen molar-refractivity contribution in [2.45, 2.75) is 0 Å². The first-order valence-corrected chi connectivity index (χ1v) is 2.99. The summed E-state index contributed by atoms with van der Waals surface area (Å²) in [6, 6.07) is 0. The zero-order chi connectivity index (χ0) is 5.82. The van der Waals surface area contributed by atoms with Crippen LogP contribution < -0.4 is 10.7 Å². The first-order chi connectivity index (χ1) is 3.93. The van der Waals surface area contributed by atoms with E-state index in [9.17, 15) is 0 Å². The van der Waals surface area contributed by atoms with E-state index in [1.54, 1.807) is 0 Å². The van der Waals surface area contributed by atoms with Crippen LogP contribution in [0.2, 0.25) is 0 Å². The molecular weight excluding hydrogens is 102 g/mol. The van der Waals surface area contributed by atoms with Crippen molar-refractivity contribution < 1.29 is 0 Å². The molecule has 3 heteroatoms. The van der Waals surface area contributed by atoms with Crippen LogP contribution >= 0.6 is 0 Å². The quantitative estimate of drug-likeness (QED) is 0.476. The molecule has 0 bridgehead atoms. The van der Waals surface area contributed by atoms with Crippen molar-refractivity contribution in [2.24, 2.45) is 0 Å². The standard InChI is InChI=1S/C5H12N3/c1-6-8-4-2-7-3-5-8/h7H,2-5H2,1H3. The molecule has 0 aromatic carbocycles. The Morgan fingerprint density at radius 2 is 2.00 bits per heavy atom. The highest BCUT2D eigenvalue weighted by atomic mass is 15.5. The van der Waals surface area contributed by atoms with Crippen molar-refractivity contribution in [3.05, 3.63) is 0 Å². The molecule has 8 heavy (non-hydrogen) atoms. The molecule has 0 amide bonds. The third kappa shape index (κ3) is 1.43. The van der Waals surface area contributed by atoms with E-state index in [0.717, 1.165) is 26.2 Å². The summed E-state index contributed by atoms with van der Waals surface area (Å²) in [6.07, 6.45) is 0. The molecule has 1 radical (unpaired) electrons. The molecule has 0 aliphatic carbocycles. The van der Waals surface area contributed by atoms with Crippen LogP contribution in [0.25, 0.3) is 0 Å². The lowest BCUT2D eigenvalue weighted by atomic mass is 10.4. The second-order valence-electron chi connectivity index (χ2n) is 1.90. The molecule has 47 valence electrons. The number of nitrogens with one attached hydrogen (secondary N) is 1. The van der Waals surface area contributed by atoms with Crippen molar-refractivity contribution in [2.75, 3.05) is 33.2 Å². The highest BCUT2D eigenvalue weighted by Crippen LogP contribution is 1.84. The van der Waals surface area contributed by atoms with Crippen LogP contribution in [0.3, 0.4) is 0 Å². The van der Waals surface area contributed by atoms with Crippen LogP contribution in [-0.4, -0.2) is 38.2 Å². The van der Waals surface area contributed by atoms with Gasteiger partial charge in [-0.15, -0.1) is 0 Å². The fraction of sp³-hybridized carbons (Fsp3) is 1.00. The first-order valence-electron chi connectivity index (χ1n) is 2.99. The van der Waals surface area contributed by atoms with Crippen LogP contribution in [0.15, 0.2) is 0 Å². The molecule has 1 saturated heterocycles. The van der Waals surface area contributed by atoms with Gasteiger partial charge in [0.25, 0.3) is 0 Å². The van der Waals surface area contributed by atoms with Crippen molar-refractivity contribution in [3.8, 4) is 0 Å². The Balaban J connectivity index is 2.13. The summed E-state index contributed by atoms with van der Waals surface area (Å²) in [4.78, 5) is 0. The van der Waals surface area contributed by atoms with Crippen molar-refractivity contribution in [1.29, 1.82) is 0 Å². The second-order valence-corrected chi connectivity index (χ2v) is 1.90. The summed E-state index contributed by atoms with van der Waals surface area (Å²) in [7, 11) is 1.84. The van der Waals surface area contributed by atoms with E-state index in [0.29, 0.717) is 0 Å². The zero-order valence-electron chi connectivity index (χ0n) is 5.22. The van der Waals surface area contributed by atoms with Gasteiger partial charge in [-0.1, -0.05) is 0 Å². The fourth-order valence-electron chi connectivity index (χ4n) is 0.853. The Kier molecular flexibility index (Phi) is 2.27. The maximum Gasteiger partial charge on any atom is 0.0273 e. The Hall–Kier alpha value is -0.120. The summed E-state index contributed by atoms with van der Waals surface area (Å²) in [6.45, 7) is 4.29. The third-order valence-electron chi connectivity index (χ3n) is 1.38. The van der Waals surface area contributed by atoms with Gasteiger partial charge >= 0.3 is 0 Å². The number of rotatable bonds is 1. The highest BCUT2D eigenvalue weighted by Gasteiger charge is 2.05. The molecule has 1 aliphatic rings. The van der Waals surface area contributed by atoms with Gasteiger partial charge in [0.2, 0.25) is 0 Å². The predicted molar refractivity (Wildman–Crippen MR) is 32.5 cm³/mol. The molecule has 0 spiro atoms. The van der Waals surface area contributed by atoms with Gasteiger partial charge in [-0.25, -0.2) is 5.01 Å². The highest BCUT2D eigenvalue weighted by molar-refractivity contribution is 4.61. The van der Waals surface area contributed by atoms with E-state index in [1.165, 1.54) is 0 Å². The minimum absolute atomic E-state index is 1.07. The normalized spacial score (nSPS) is 23.6. The van der Waals surface area contributed by atoms with Crippen molar-refractivity contribution >= 4 is 0 Å². The van der Waals surface area contributed by atoms with Gasteiger partial charge in [0.05, 0.1) is 0 Å². The van der Waals surface area contributed by atoms with Gasteiger partial charge in [-0.05, 0) is 0 Å². The minimum Gasteiger partial charge on any atom is -0.314 e. The average Bonchev–Trinajstić information content (AvgIpc) is 1.90. The summed E-state index contributed by atoms with van der Waals surface area (Å²) >= 11 is 0. The lowest BCUT2D eigenvalue weighted by molar-refractivity contribution is 0.175. The lowest BCUT2D eigenvalue weighted by Gasteiger charge is -2.23. The summed E-state index contributed by atoms with van der Waals surface area (Å²) in [5, 5.41) is 5.33. The lowest BCUT2D eigenvalue weighted by Crippen LogP contribution is -2.45. The summed E-state index contributed by atoms with van der Waals surface area (Å²) in [5.41, 5.74) is 4.04. The van der Waals surface area contributed by atoms with E-state index in [1.807, 2.05) is 7.05 Å². The van der Waals surface area contributed by atoms with Gasteiger partial charge in [-0.2, -0.15) is 5.43 Å². The van der Waals surface area contributed by atoms with Crippen molar-refractivity contribution in [1.82, 2.24) is 15.8 Å². The van der Waals surface area contributed by atoms with Gasteiger partial charge in [0, 0.05) is 33.2 Å². The molecule has 1 aliphatic heterocycles. The molecule has 3 nitrogen and oxygen atoms in total. The average molecular weight is 114 g/mol. The molecule has 0 unspecified atom stereocenters. The number of piperazine rings is 1. The summed E-state index contributed by atoms with van der Waals surface area (Å²) < 4.78 is 0. The van der Waals surface area contributed by atoms with Gasteiger partial charge < -0.3 is 5.32 Å². The van der Waals surface area contributed by atoms with Crippen LogP contribution in [0.5, 0.6) is 0 Å². The largest absolute Gasteiger partial charge is 0.314 e. The Morgan fingerprint density at radius 1 is 1.38 bits per heavy atom. The Labute approximate surface area is 50.0 Å². The van der Waals surface area contributed by atoms with Crippen LogP contribution in [-0.2, 0) is 0 Å². The molecule has 0 atom stereocenters. The molecule has 1 fully saturated rings. The Morgan fingerprint density at radius 3 is 2.38 bits per heavy atom. The molecule has 1 rings (SSSR count). The van der Waals surface area contributed by atoms with E-state index in [-0.39, 0.29) is 0 Å². The van der Waals surface area contributed by atoms with Gasteiger partial charge in [-0.3, -0.25) is 0 Å². The molecule has 0 saturated carbocycles. The first kappa shape index (κ1) is 6.01. The van der Waals surface area contributed by atoms with Crippen LogP contribution in [0, 0.1) is 0 Å². The number of nitrogens with zero attached hydrogens (tertiary/aromatic N) is 2.